The molecule has 70 valence electrons. The predicted octanol–water partition coefficient (Wildman–Crippen LogP) is 1.20. The Kier molecular flexibility index (Phi) is 2.22. The van der Waals surface area contributed by atoms with Crippen LogP contribution in [-0.2, 0) is 0 Å². The largest absolute Gasteiger partial charge is 0.396 e. The van der Waals surface area contributed by atoms with Gasteiger partial charge in [-0.05, 0) is 12.1 Å². The van der Waals surface area contributed by atoms with Crippen LogP contribution in [0.15, 0.2) is 37.1 Å². The summed E-state index contributed by atoms with van der Waals surface area (Å²) in [5.74, 6) is 0.613. The van der Waals surface area contributed by atoms with Crippen LogP contribution in [0.2, 0.25) is 0 Å². The van der Waals surface area contributed by atoms with Crippen molar-refractivity contribution in [3.05, 3.63) is 37.1 Å². The van der Waals surface area contributed by atoms with E-state index in [0.29, 0.717) is 11.5 Å². The Balaban J connectivity index is 2.24. The molecule has 0 spiro atoms. The minimum Gasteiger partial charge on any atom is -0.396 e. The third kappa shape index (κ3) is 1.77. The summed E-state index contributed by atoms with van der Waals surface area (Å²) in [6.07, 6.45) is 6.44. The molecule has 2 aromatic rings. The topological polar surface area (TPSA) is 76.7 Å². The van der Waals surface area contributed by atoms with Crippen LogP contribution >= 0.6 is 0 Å². The van der Waals surface area contributed by atoms with Gasteiger partial charge in [0.05, 0.1) is 23.8 Å². The average Bonchev–Trinajstić information content (AvgIpc) is 2.23. The Morgan fingerprint density at radius 1 is 1.21 bits per heavy atom. The van der Waals surface area contributed by atoms with Gasteiger partial charge in [-0.1, -0.05) is 0 Å². The number of nitrogens with one attached hydrogen (secondary N) is 1. The molecule has 3 N–H and O–H groups in total. The predicted molar refractivity (Wildman–Crippen MR) is 54.0 cm³/mol. The highest BCUT2D eigenvalue weighted by Gasteiger charge is 1.98. The summed E-state index contributed by atoms with van der Waals surface area (Å²) in [6, 6.07) is 3.56. The second-order valence-corrected chi connectivity index (χ2v) is 2.69. The van der Waals surface area contributed by atoms with Gasteiger partial charge in [-0.3, -0.25) is 0 Å². The minimum absolute atomic E-state index is 0.594. The second-order valence-electron chi connectivity index (χ2n) is 2.69. The first-order valence-electron chi connectivity index (χ1n) is 4.09. The highest BCUT2D eigenvalue weighted by molar-refractivity contribution is 5.67. The molecule has 2 rings (SSSR count). The maximum atomic E-state index is 5.70. The smallest absolute Gasteiger partial charge is 0.153 e. The van der Waals surface area contributed by atoms with Gasteiger partial charge in [0.25, 0.3) is 0 Å². The molecule has 0 radical (unpaired) electrons. The third-order valence-electron chi connectivity index (χ3n) is 1.66. The number of aromatic nitrogens is 3. The summed E-state index contributed by atoms with van der Waals surface area (Å²) in [5, 5.41) is 3.01. The van der Waals surface area contributed by atoms with Gasteiger partial charge in [-0.2, -0.15) is 0 Å². The van der Waals surface area contributed by atoms with E-state index in [9.17, 15) is 0 Å². The summed E-state index contributed by atoms with van der Waals surface area (Å²) in [4.78, 5) is 11.8. The molecule has 0 amide bonds. The van der Waals surface area contributed by atoms with Gasteiger partial charge in [0, 0.05) is 6.20 Å². The molecule has 2 heterocycles. The molecule has 14 heavy (non-hydrogen) atoms. The van der Waals surface area contributed by atoms with Gasteiger partial charge in [-0.25, -0.2) is 15.0 Å². The summed E-state index contributed by atoms with van der Waals surface area (Å²) < 4.78 is 0. The van der Waals surface area contributed by atoms with Gasteiger partial charge < -0.3 is 11.1 Å². The number of nitrogens with zero attached hydrogens (tertiary/aromatic N) is 3. The van der Waals surface area contributed by atoms with Gasteiger partial charge in [0.2, 0.25) is 0 Å². The zero-order valence-electron chi connectivity index (χ0n) is 7.38. The van der Waals surface area contributed by atoms with Crippen molar-refractivity contribution in [2.75, 3.05) is 11.1 Å². The van der Waals surface area contributed by atoms with E-state index in [4.69, 9.17) is 5.73 Å². The van der Waals surface area contributed by atoms with Crippen LogP contribution in [0.4, 0.5) is 17.2 Å². The number of pyridine rings is 1. The van der Waals surface area contributed by atoms with Crippen molar-refractivity contribution in [3.63, 3.8) is 0 Å². The molecular weight excluding hydrogens is 178 g/mol. The molecule has 0 saturated heterocycles. The Labute approximate surface area is 81.0 Å². The molecule has 0 fully saturated rings. The normalized spacial score (nSPS) is 9.71. The molecule has 0 aliphatic heterocycles. The first-order chi connectivity index (χ1) is 6.86. The van der Waals surface area contributed by atoms with E-state index in [1.165, 1.54) is 6.33 Å². The lowest BCUT2D eigenvalue weighted by atomic mass is 10.4. The minimum atomic E-state index is 0.594. The van der Waals surface area contributed by atoms with Crippen LogP contribution in [0.3, 0.4) is 0 Å². The Bertz CT molecular complexity index is 415. The first-order valence-corrected chi connectivity index (χ1v) is 4.09. The van der Waals surface area contributed by atoms with Gasteiger partial charge in [0.15, 0.2) is 5.82 Å². The lowest BCUT2D eigenvalue weighted by molar-refractivity contribution is 1.16. The van der Waals surface area contributed by atoms with E-state index in [2.05, 4.69) is 20.3 Å². The molecule has 5 heteroatoms. The number of hydrogen-bond acceptors (Lipinski definition) is 5. The number of nitrogen functional groups attached to an aromatic ring is 1. The van der Waals surface area contributed by atoms with Gasteiger partial charge in [0.1, 0.15) is 6.33 Å². The van der Waals surface area contributed by atoms with Crippen LogP contribution in [-0.4, -0.2) is 15.0 Å². The zero-order chi connectivity index (χ0) is 9.80. The monoisotopic (exact) mass is 187 g/mol. The molecule has 0 bridgehead atoms. The SMILES string of the molecule is Nc1cccnc1Nc1cncnc1. The van der Waals surface area contributed by atoms with E-state index in [1.807, 2.05) is 0 Å². The second kappa shape index (κ2) is 3.69. The highest BCUT2D eigenvalue weighted by atomic mass is 15.0. The third-order valence-corrected chi connectivity index (χ3v) is 1.66. The number of anilines is 3. The van der Waals surface area contributed by atoms with E-state index < -0.39 is 0 Å². The van der Waals surface area contributed by atoms with Gasteiger partial charge >= 0.3 is 0 Å². The molecule has 0 unspecified atom stereocenters. The molecule has 0 atom stereocenters. The van der Waals surface area contributed by atoms with Crippen molar-refractivity contribution in [2.45, 2.75) is 0 Å². The molecule has 0 aliphatic rings. The first kappa shape index (κ1) is 8.43. The lowest BCUT2D eigenvalue weighted by Gasteiger charge is -2.05. The maximum Gasteiger partial charge on any atom is 0.153 e. The van der Waals surface area contributed by atoms with E-state index in [-0.39, 0.29) is 0 Å². The van der Waals surface area contributed by atoms with Crippen LogP contribution < -0.4 is 11.1 Å². The number of nitrogens with two attached hydrogens (primary N) is 1. The van der Waals surface area contributed by atoms with Gasteiger partial charge in [-0.15, -0.1) is 0 Å². The van der Waals surface area contributed by atoms with E-state index in [1.54, 1.807) is 30.7 Å². The number of rotatable bonds is 2. The molecule has 5 nitrogen and oxygen atoms in total. The quantitative estimate of drug-likeness (QED) is 0.738. The standard InChI is InChI=1S/C9H9N5/c10-8-2-1-3-13-9(8)14-7-4-11-6-12-5-7/h1-6H,10H2,(H,13,14). The zero-order valence-corrected chi connectivity index (χ0v) is 7.38. The van der Waals surface area contributed by atoms with Crippen LogP contribution in [0.1, 0.15) is 0 Å². The van der Waals surface area contributed by atoms with Crippen molar-refractivity contribution in [1.82, 2.24) is 15.0 Å². The fourth-order valence-corrected chi connectivity index (χ4v) is 1.02. The summed E-state index contributed by atoms with van der Waals surface area (Å²) in [7, 11) is 0. The Hall–Kier alpha value is -2.17. The molecule has 0 aromatic carbocycles. The van der Waals surface area contributed by atoms with Crippen LogP contribution in [0.5, 0.6) is 0 Å². The summed E-state index contributed by atoms with van der Waals surface area (Å²) in [6.45, 7) is 0. The fourth-order valence-electron chi connectivity index (χ4n) is 1.02. The molecular formula is C9H9N5. The lowest BCUT2D eigenvalue weighted by Crippen LogP contribution is -1.98. The van der Waals surface area contributed by atoms with Crippen molar-refractivity contribution >= 4 is 17.2 Å². The summed E-state index contributed by atoms with van der Waals surface area (Å²) >= 11 is 0. The Morgan fingerprint density at radius 2 is 2.00 bits per heavy atom. The maximum absolute atomic E-state index is 5.70. The van der Waals surface area contributed by atoms with E-state index in [0.717, 1.165) is 5.69 Å². The van der Waals surface area contributed by atoms with Crippen molar-refractivity contribution in [3.8, 4) is 0 Å². The van der Waals surface area contributed by atoms with Crippen molar-refractivity contribution in [2.24, 2.45) is 0 Å². The van der Waals surface area contributed by atoms with E-state index >= 15 is 0 Å². The average molecular weight is 187 g/mol. The number of hydrogen-bond donors (Lipinski definition) is 2. The molecule has 2 aromatic heterocycles. The fraction of sp³-hybridized carbons (Fsp3) is 0. The summed E-state index contributed by atoms with van der Waals surface area (Å²) in [5.41, 5.74) is 7.06. The van der Waals surface area contributed by atoms with Crippen LogP contribution in [0.25, 0.3) is 0 Å². The van der Waals surface area contributed by atoms with Crippen LogP contribution in [0, 0.1) is 0 Å². The Morgan fingerprint density at radius 3 is 2.71 bits per heavy atom. The molecule has 0 saturated carbocycles. The highest BCUT2D eigenvalue weighted by Crippen LogP contribution is 2.17. The molecule has 0 aliphatic carbocycles. The van der Waals surface area contributed by atoms with Crippen molar-refractivity contribution in [1.29, 1.82) is 0 Å². The van der Waals surface area contributed by atoms with Crippen molar-refractivity contribution < 1.29 is 0 Å².